The zero-order chi connectivity index (χ0) is 16.6. The highest BCUT2D eigenvalue weighted by Gasteiger charge is 2.14. The number of hydrogen-bond acceptors (Lipinski definition) is 3. The Morgan fingerprint density at radius 1 is 1.04 bits per heavy atom. The molecule has 128 valence electrons. The highest BCUT2D eigenvalue weighted by Crippen LogP contribution is 2.27. The summed E-state index contributed by atoms with van der Waals surface area (Å²) in [5.74, 6) is 0.0553. The van der Waals surface area contributed by atoms with Crippen molar-refractivity contribution >= 4 is 17.2 Å². The third kappa shape index (κ3) is 4.68. The molecule has 1 aliphatic heterocycles. The van der Waals surface area contributed by atoms with Gasteiger partial charge in [0, 0.05) is 12.1 Å². The van der Waals surface area contributed by atoms with Gasteiger partial charge in [0.25, 0.3) is 5.91 Å². The molecule has 4 heteroatoms. The van der Waals surface area contributed by atoms with E-state index in [1.54, 1.807) is 0 Å². The Kier molecular flexibility index (Phi) is 6.44. The summed E-state index contributed by atoms with van der Waals surface area (Å²) in [6.07, 6.45) is 6.41. The number of likely N-dealkylation sites (tertiary alicyclic amines) is 1. The summed E-state index contributed by atoms with van der Waals surface area (Å²) in [5.41, 5.74) is 2.14. The molecule has 1 aromatic heterocycles. The van der Waals surface area contributed by atoms with Gasteiger partial charge in [-0.25, -0.2) is 0 Å². The van der Waals surface area contributed by atoms with Crippen LogP contribution in [0.3, 0.4) is 0 Å². The minimum atomic E-state index is 0.0553. The summed E-state index contributed by atoms with van der Waals surface area (Å²) in [6.45, 7) is 4.28. The van der Waals surface area contributed by atoms with Crippen LogP contribution in [-0.2, 0) is 0 Å². The summed E-state index contributed by atoms with van der Waals surface area (Å²) in [4.78, 5) is 15.8. The summed E-state index contributed by atoms with van der Waals surface area (Å²) in [5, 5.41) is 5.09. The molecule has 3 rings (SSSR count). The van der Waals surface area contributed by atoms with Crippen molar-refractivity contribution in [2.75, 3.05) is 26.2 Å². The Labute approximate surface area is 148 Å². The molecule has 2 aromatic rings. The third-order valence-corrected chi connectivity index (χ3v) is 5.50. The van der Waals surface area contributed by atoms with Gasteiger partial charge in [0.1, 0.15) is 0 Å². The van der Waals surface area contributed by atoms with E-state index in [0.29, 0.717) is 0 Å². The molecule has 1 aromatic carbocycles. The molecule has 0 spiro atoms. The zero-order valence-electron chi connectivity index (χ0n) is 14.2. The van der Waals surface area contributed by atoms with Crippen LogP contribution in [0.25, 0.3) is 11.1 Å². The summed E-state index contributed by atoms with van der Waals surface area (Å²) in [7, 11) is 0. The van der Waals surface area contributed by atoms with Crippen molar-refractivity contribution in [2.45, 2.75) is 32.1 Å². The maximum absolute atomic E-state index is 12.5. The minimum absolute atomic E-state index is 0.0553. The fraction of sp³-hybridized carbons (Fsp3) is 0.450. The molecule has 1 N–H and O–H groups in total. The Bertz CT molecular complexity index is 630. The molecule has 1 amide bonds. The molecule has 3 nitrogen and oxygen atoms in total. The highest BCUT2D eigenvalue weighted by molar-refractivity contribution is 7.12. The van der Waals surface area contributed by atoms with Gasteiger partial charge in [-0.05, 0) is 55.9 Å². The lowest BCUT2D eigenvalue weighted by atomic mass is 10.1. The first kappa shape index (κ1) is 17.2. The van der Waals surface area contributed by atoms with Gasteiger partial charge in [-0.1, -0.05) is 43.2 Å². The van der Waals surface area contributed by atoms with E-state index in [0.717, 1.165) is 35.5 Å². The monoisotopic (exact) mass is 342 g/mol. The SMILES string of the molecule is O=C(NCCCN1CCCCCC1)c1sccc1-c1ccccc1. The number of benzene rings is 1. The Balaban J connectivity index is 1.48. The summed E-state index contributed by atoms with van der Waals surface area (Å²) in [6, 6.07) is 12.2. The maximum atomic E-state index is 12.5. The number of carbonyl (C=O) groups is 1. The van der Waals surface area contributed by atoms with Crippen LogP contribution in [0.15, 0.2) is 41.8 Å². The van der Waals surface area contributed by atoms with Crippen LogP contribution in [-0.4, -0.2) is 37.0 Å². The van der Waals surface area contributed by atoms with E-state index >= 15 is 0 Å². The van der Waals surface area contributed by atoms with Crippen LogP contribution in [0.4, 0.5) is 0 Å². The van der Waals surface area contributed by atoms with Crippen molar-refractivity contribution in [1.29, 1.82) is 0 Å². The lowest BCUT2D eigenvalue weighted by molar-refractivity contribution is 0.0956. The van der Waals surface area contributed by atoms with Gasteiger partial charge in [0.15, 0.2) is 0 Å². The number of carbonyl (C=O) groups excluding carboxylic acids is 1. The number of hydrogen-bond donors (Lipinski definition) is 1. The number of thiophene rings is 1. The van der Waals surface area contributed by atoms with Crippen LogP contribution in [0.5, 0.6) is 0 Å². The largest absolute Gasteiger partial charge is 0.351 e. The molecule has 0 saturated carbocycles. The maximum Gasteiger partial charge on any atom is 0.261 e. The molecule has 0 atom stereocenters. The second kappa shape index (κ2) is 9.00. The van der Waals surface area contributed by atoms with Crippen molar-refractivity contribution in [1.82, 2.24) is 10.2 Å². The standard InChI is InChI=1S/C20H26N2OS/c23-20(21-12-8-15-22-13-6-1-2-7-14-22)19-18(11-16-24-19)17-9-4-3-5-10-17/h3-5,9-11,16H,1-2,6-8,12-15H2,(H,21,23). The Morgan fingerprint density at radius 2 is 1.79 bits per heavy atom. The van der Waals surface area contributed by atoms with E-state index < -0.39 is 0 Å². The molecule has 0 bridgehead atoms. The van der Waals surface area contributed by atoms with E-state index in [4.69, 9.17) is 0 Å². The van der Waals surface area contributed by atoms with Crippen molar-refractivity contribution < 1.29 is 4.79 Å². The first-order valence-electron chi connectivity index (χ1n) is 8.98. The third-order valence-electron chi connectivity index (χ3n) is 4.59. The van der Waals surface area contributed by atoms with Crippen molar-refractivity contribution in [3.8, 4) is 11.1 Å². The first-order valence-corrected chi connectivity index (χ1v) is 9.86. The molecule has 0 aliphatic carbocycles. The zero-order valence-corrected chi connectivity index (χ0v) is 15.0. The predicted octanol–water partition coefficient (Wildman–Crippen LogP) is 4.41. The summed E-state index contributed by atoms with van der Waals surface area (Å²) < 4.78 is 0. The van der Waals surface area contributed by atoms with E-state index in [9.17, 15) is 4.79 Å². The molecule has 2 heterocycles. The number of amides is 1. The minimum Gasteiger partial charge on any atom is -0.351 e. The van der Waals surface area contributed by atoms with Gasteiger partial charge in [-0.3, -0.25) is 4.79 Å². The molecule has 0 unspecified atom stereocenters. The van der Waals surface area contributed by atoms with Gasteiger partial charge in [-0.15, -0.1) is 11.3 Å². The second-order valence-electron chi connectivity index (χ2n) is 6.39. The van der Waals surface area contributed by atoms with Crippen molar-refractivity contribution in [2.24, 2.45) is 0 Å². The van der Waals surface area contributed by atoms with Crippen LogP contribution >= 0.6 is 11.3 Å². The van der Waals surface area contributed by atoms with E-state index in [-0.39, 0.29) is 5.91 Å². The highest BCUT2D eigenvalue weighted by atomic mass is 32.1. The second-order valence-corrected chi connectivity index (χ2v) is 7.31. The normalized spacial score (nSPS) is 15.8. The number of rotatable bonds is 6. The van der Waals surface area contributed by atoms with Crippen molar-refractivity contribution in [3.05, 3.63) is 46.7 Å². The topological polar surface area (TPSA) is 32.3 Å². The lowest BCUT2D eigenvalue weighted by Crippen LogP contribution is -2.30. The molecule has 1 fully saturated rings. The first-order chi connectivity index (χ1) is 11.8. The van der Waals surface area contributed by atoms with Crippen LogP contribution in [0.1, 0.15) is 41.8 Å². The Hall–Kier alpha value is -1.65. The van der Waals surface area contributed by atoms with Crippen LogP contribution < -0.4 is 5.32 Å². The van der Waals surface area contributed by atoms with Crippen molar-refractivity contribution in [3.63, 3.8) is 0 Å². The lowest BCUT2D eigenvalue weighted by Gasteiger charge is -2.19. The fourth-order valence-electron chi connectivity index (χ4n) is 3.27. The molecule has 24 heavy (non-hydrogen) atoms. The molecule has 0 radical (unpaired) electrons. The molecular formula is C20H26N2OS. The predicted molar refractivity (Wildman–Crippen MR) is 102 cm³/mol. The summed E-state index contributed by atoms with van der Waals surface area (Å²) >= 11 is 1.52. The van der Waals surface area contributed by atoms with E-state index in [1.165, 1.54) is 50.1 Å². The quantitative estimate of drug-likeness (QED) is 0.789. The molecule has 1 aliphatic rings. The number of nitrogens with one attached hydrogen (secondary N) is 1. The molecular weight excluding hydrogens is 316 g/mol. The molecule has 1 saturated heterocycles. The average molecular weight is 343 g/mol. The smallest absolute Gasteiger partial charge is 0.261 e. The number of nitrogens with zero attached hydrogens (tertiary/aromatic N) is 1. The van der Waals surface area contributed by atoms with E-state index in [1.807, 2.05) is 29.6 Å². The van der Waals surface area contributed by atoms with Gasteiger partial charge >= 0.3 is 0 Å². The van der Waals surface area contributed by atoms with Gasteiger partial charge in [0.05, 0.1) is 4.88 Å². The van der Waals surface area contributed by atoms with Crippen LogP contribution in [0, 0.1) is 0 Å². The average Bonchev–Trinajstić information content (AvgIpc) is 2.97. The van der Waals surface area contributed by atoms with E-state index in [2.05, 4.69) is 22.3 Å². The fourth-order valence-corrected chi connectivity index (χ4v) is 4.11. The van der Waals surface area contributed by atoms with Gasteiger partial charge < -0.3 is 10.2 Å². The van der Waals surface area contributed by atoms with Crippen LogP contribution in [0.2, 0.25) is 0 Å². The van der Waals surface area contributed by atoms with Gasteiger partial charge in [0.2, 0.25) is 0 Å². The Morgan fingerprint density at radius 3 is 2.54 bits per heavy atom. The van der Waals surface area contributed by atoms with Gasteiger partial charge in [-0.2, -0.15) is 0 Å².